The third-order valence-electron chi connectivity index (χ3n) is 5.75. The average molecular weight is 496 g/mol. The first-order valence-electron chi connectivity index (χ1n) is 10.7. The fraction of sp³-hybridized carbons (Fsp3) is 0.280. The summed E-state index contributed by atoms with van der Waals surface area (Å²) in [5.41, 5.74) is 5.08. The van der Waals surface area contributed by atoms with Crippen molar-refractivity contribution >= 4 is 39.1 Å². The van der Waals surface area contributed by atoms with Crippen molar-refractivity contribution in [3.63, 3.8) is 0 Å². The van der Waals surface area contributed by atoms with Crippen LogP contribution in [0.2, 0.25) is 0 Å². The average Bonchev–Trinajstić information content (AvgIpc) is 3.35. The summed E-state index contributed by atoms with van der Waals surface area (Å²) in [6.45, 7) is 4.94. The predicted octanol–water partition coefficient (Wildman–Crippen LogP) is 5.06. The number of carbonyl (C=O) groups excluding carboxylic acids is 2. The standard InChI is InChI=1S/C25H26BrN3O3/c1-16-7-8-20(26)14-21(16)28-23(30)9-11-27-25(31)24-19(10-12-32-24)15-29-17(2)13-18-5-3-4-6-22(18)29/h3-8,10,12,14,17H,9,11,13,15H2,1-2H3,(H,27,31)(H,28,30). The minimum absolute atomic E-state index is 0.159. The van der Waals surface area contributed by atoms with Crippen LogP contribution in [0.5, 0.6) is 0 Å². The molecule has 0 spiro atoms. The van der Waals surface area contributed by atoms with Crippen LogP contribution in [0.4, 0.5) is 11.4 Å². The molecule has 0 bridgehead atoms. The molecule has 4 rings (SSSR count). The van der Waals surface area contributed by atoms with Gasteiger partial charge in [-0.15, -0.1) is 0 Å². The number of halogens is 1. The number of nitrogens with zero attached hydrogens (tertiary/aromatic N) is 1. The van der Waals surface area contributed by atoms with Crippen molar-refractivity contribution in [1.82, 2.24) is 5.32 Å². The first-order valence-corrected chi connectivity index (χ1v) is 11.5. The molecule has 0 saturated heterocycles. The molecule has 166 valence electrons. The van der Waals surface area contributed by atoms with E-state index >= 15 is 0 Å². The molecule has 0 saturated carbocycles. The van der Waals surface area contributed by atoms with E-state index in [0.29, 0.717) is 18.3 Å². The summed E-state index contributed by atoms with van der Waals surface area (Å²) in [6.07, 6.45) is 2.70. The Hall–Kier alpha value is -3.06. The van der Waals surface area contributed by atoms with Gasteiger partial charge in [0.2, 0.25) is 5.91 Å². The van der Waals surface area contributed by atoms with Gasteiger partial charge in [0.25, 0.3) is 5.91 Å². The molecule has 1 aromatic heterocycles. The molecule has 0 radical (unpaired) electrons. The van der Waals surface area contributed by atoms with Gasteiger partial charge in [-0.2, -0.15) is 0 Å². The predicted molar refractivity (Wildman–Crippen MR) is 129 cm³/mol. The van der Waals surface area contributed by atoms with E-state index in [1.165, 1.54) is 11.3 Å². The summed E-state index contributed by atoms with van der Waals surface area (Å²) in [6, 6.07) is 16.3. The fourth-order valence-corrected chi connectivity index (χ4v) is 4.39. The van der Waals surface area contributed by atoms with Crippen LogP contribution in [-0.4, -0.2) is 24.4 Å². The highest BCUT2D eigenvalue weighted by molar-refractivity contribution is 9.10. The zero-order valence-corrected chi connectivity index (χ0v) is 19.7. The third-order valence-corrected chi connectivity index (χ3v) is 6.25. The van der Waals surface area contributed by atoms with Crippen LogP contribution in [0, 0.1) is 6.92 Å². The van der Waals surface area contributed by atoms with E-state index in [9.17, 15) is 9.59 Å². The van der Waals surface area contributed by atoms with Crippen LogP contribution < -0.4 is 15.5 Å². The minimum Gasteiger partial charge on any atom is -0.459 e. The number of anilines is 2. The monoisotopic (exact) mass is 495 g/mol. The molecule has 1 aliphatic heterocycles. The van der Waals surface area contributed by atoms with Gasteiger partial charge >= 0.3 is 0 Å². The molecule has 32 heavy (non-hydrogen) atoms. The summed E-state index contributed by atoms with van der Waals surface area (Å²) in [7, 11) is 0. The lowest BCUT2D eigenvalue weighted by molar-refractivity contribution is -0.116. The first kappa shape index (κ1) is 22.1. The smallest absolute Gasteiger partial charge is 0.287 e. The van der Waals surface area contributed by atoms with Crippen LogP contribution >= 0.6 is 15.9 Å². The minimum atomic E-state index is -0.309. The van der Waals surface area contributed by atoms with Crippen LogP contribution in [0.1, 0.15) is 40.6 Å². The highest BCUT2D eigenvalue weighted by atomic mass is 79.9. The van der Waals surface area contributed by atoms with Gasteiger partial charge in [-0.05, 0) is 55.7 Å². The number of aryl methyl sites for hydroxylation is 1. The third kappa shape index (κ3) is 4.88. The lowest BCUT2D eigenvalue weighted by atomic mass is 10.1. The number of hydrogen-bond acceptors (Lipinski definition) is 4. The highest BCUT2D eigenvalue weighted by Crippen LogP contribution is 2.33. The van der Waals surface area contributed by atoms with Crippen molar-refractivity contribution in [1.29, 1.82) is 0 Å². The van der Waals surface area contributed by atoms with Crippen LogP contribution in [0.25, 0.3) is 0 Å². The molecule has 3 aromatic rings. The molecular formula is C25H26BrN3O3. The zero-order valence-electron chi connectivity index (χ0n) is 18.2. The summed E-state index contributed by atoms with van der Waals surface area (Å²) in [5.74, 6) is -0.171. The van der Waals surface area contributed by atoms with Gasteiger partial charge in [-0.1, -0.05) is 40.2 Å². The Kier molecular flexibility index (Phi) is 6.65. The molecule has 2 amide bonds. The molecule has 2 heterocycles. The van der Waals surface area contributed by atoms with Gasteiger partial charge < -0.3 is 20.0 Å². The molecule has 6 nitrogen and oxygen atoms in total. The number of para-hydroxylation sites is 1. The molecule has 2 aromatic carbocycles. The van der Waals surface area contributed by atoms with Crippen LogP contribution in [0.15, 0.2) is 63.7 Å². The summed E-state index contributed by atoms with van der Waals surface area (Å²) < 4.78 is 6.39. The van der Waals surface area contributed by atoms with E-state index < -0.39 is 0 Å². The first-order chi connectivity index (χ1) is 15.4. The van der Waals surface area contributed by atoms with Crippen LogP contribution in [-0.2, 0) is 17.8 Å². The Balaban J connectivity index is 1.33. The largest absolute Gasteiger partial charge is 0.459 e. The van der Waals surface area contributed by atoms with E-state index in [4.69, 9.17) is 4.42 Å². The summed E-state index contributed by atoms with van der Waals surface area (Å²) in [4.78, 5) is 27.3. The Bertz CT molecular complexity index is 1140. The SMILES string of the molecule is Cc1ccc(Br)cc1NC(=O)CCNC(=O)c1occc1CN1c2ccccc2CC1C. The lowest BCUT2D eigenvalue weighted by Crippen LogP contribution is -2.31. The molecule has 2 N–H and O–H groups in total. The molecule has 0 aliphatic carbocycles. The van der Waals surface area contributed by atoms with E-state index in [2.05, 4.69) is 56.6 Å². The second-order valence-corrected chi connectivity index (χ2v) is 9.01. The number of hydrogen-bond donors (Lipinski definition) is 2. The normalized spacial score (nSPS) is 14.8. The second-order valence-electron chi connectivity index (χ2n) is 8.10. The Morgan fingerprint density at radius 2 is 2.00 bits per heavy atom. The number of fused-ring (bicyclic) bond motifs is 1. The maximum atomic E-state index is 12.7. The van der Waals surface area contributed by atoms with Crippen molar-refractivity contribution in [2.75, 3.05) is 16.8 Å². The molecule has 1 aliphatic rings. The maximum absolute atomic E-state index is 12.7. The zero-order chi connectivity index (χ0) is 22.7. The quantitative estimate of drug-likeness (QED) is 0.480. The lowest BCUT2D eigenvalue weighted by Gasteiger charge is -2.24. The van der Waals surface area contributed by atoms with E-state index in [0.717, 1.165) is 27.7 Å². The number of nitrogens with one attached hydrogen (secondary N) is 2. The Labute approximate surface area is 196 Å². The van der Waals surface area contributed by atoms with Crippen molar-refractivity contribution in [2.24, 2.45) is 0 Å². The second kappa shape index (κ2) is 9.61. The van der Waals surface area contributed by atoms with Crippen LogP contribution in [0.3, 0.4) is 0 Å². The Morgan fingerprint density at radius 3 is 2.84 bits per heavy atom. The van der Waals surface area contributed by atoms with Gasteiger partial charge in [-0.25, -0.2) is 0 Å². The number of benzene rings is 2. The molecule has 1 unspecified atom stereocenters. The number of carbonyl (C=O) groups is 2. The van der Waals surface area contributed by atoms with Gasteiger partial charge in [-0.3, -0.25) is 9.59 Å². The summed E-state index contributed by atoms with van der Waals surface area (Å²) in [5, 5.41) is 5.69. The number of amides is 2. The molecule has 0 fully saturated rings. The fourth-order valence-electron chi connectivity index (χ4n) is 4.02. The van der Waals surface area contributed by atoms with Crippen molar-refractivity contribution < 1.29 is 14.0 Å². The molecule has 1 atom stereocenters. The highest BCUT2D eigenvalue weighted by Gasteiger charge is 2.27. The van der Waals surface area contributed by atoms with Crippen molar-refractivity contribution in [3.8, 4) is 0 Å². The van der Waals surface area contributed by atoms with Crippen molar-refractivity contribution in [3.05, 3.63) is 81.7 Å². The molecular weight excluding hydrogens is 470 g/mol. The van der Waals surface area contributed by atoms with E-state index in [1.54, 1.807) is 6.26 Å². The maximum Gasteiger partial charge on any atom is 0.287 e. The van der Waals surface area contributed by atoms with Gasteiger partial charge in [0.15, 0.2) is 5.76 Å². The van der Waals surface area contributed by atoms with E-state index in [-0.39, 0.29) is 24.8 Å². The van der Waals surface area contributed by atoms with E-state index in [1.807, 2.05) is 37.3 Å². The number of furan rings is 1. The van der Waals surface area contributed by atoms with Gasteiger partial charge in [0.05, 0.1) is 6.26 Å². The van der Waals surface area contributed by atoms with Gasteiger partial charge in [0.1, 0.15) is 0 Å². The van der Waals surface area contributed by atoms with Gasteiger partial charge in [0, 0.05) is 47.0 Å². The molecule has 7 heteroatoms. The topological polar surface area (TPSA) is 74.6 Å². The number of rotatable bonds is 7. The summed E-state index contributed by atoms with van der Waals surface area (Å²) >= 11 is 3.41. The Morgan fingerprint density at radius 1 is 1.19 bits per heavy atom. The van der Waals surface area contributed by atoms with Crippen molar-refractivity contribution in [2.45, 2.75) is 39.3 Å².